The van der Waals surface area contributed by atoms with E-state index in [9.17, 15) is 9.90 Å². The number of hydrogen-bond acceptors (Lipinski definition) is 2. The molecule has 0 aromatic rings. The highest BCUT2D eigenvalue weighted by molar-refractivity contribution is 5.57. The van der Waals surface area contributed by atoms with E-state index in [1.54, 1.807) is 32.9 Å². The molecule has 0 fully saturated rings. The van der Waals surface area contributed by atoms with Crippen LogP contribution < -0.4 is 0 Å². The average molecular weight is 143 g/mol. The number of hydrogen-bond donors (Lipinski definition) is 0. The highest BCUT2D eigenvalue weighted by Crippen LogP contribution is 2.10. The van der Waals surface area contributed by atoms with Crippen molar-refractivity contribution < 1.29 is 14.6 Å². The summed E-state index contributed by atoms with van der Waals surface area (Å²) in [4.78, 5) is 9.92. The zero-order valence-electron chi connectivity index (χ0n) is 6.38. The smallest absolute Gasteiger partial charge is 0.421 e. The quantitative estimate of drug-likeness (QED) is 0.437. The molecular weight excluding hydrogens is 132 g/mol. The summed E-state index contributed by atoms with van der Waals surface area (Å²) >= 11 is 0. The molecule has 0 unspecified atom stereocenters. The van der Waals surface area contributed by atoms with Crippen LogP contribution in [-0.2, 0) is 9.84 Å². The molecule has 3 nitrogen and oxygen atoms in total. The zero-order valence-corrected chi connectivity index (χ0v) is 6.38. The van der Waals surface area contributed by atoms with Crippen molar-refractivity contribution in [1.82, 2.24) is 0 Å². The van der Waals surface area contributed by atoms with Gasteiger partial charge in [0.05, 0.1) is 0 Å². The lowest BCUT2D eigenvalue weighted by Gasteiger charge is -2.17. The molecular formula is C7H11O3. The van der Waals surface area contributed by atoms with Gasteiger partial charge in [-0.1, -0.05) is 6.08 Å². The molecule has 0 aliphatic carbocycles. The molecule has 0 atom stereocenters. The van der Waals surface area contributed by atoms with Crippen molar-refractivity contribution >= 4 is 6.16 Å². The second-order valence-corrected chi connectivity index (χ2v) is 2.46. The first kappa shape index (κ1) is 9.01. The summed E-state index contributed by atoms with van der Waals surface area (Å²) in [5.41, 5.74) is -0.770. The van der Waals surface area contributed by atoms with Crippen LogP contribution >= 0.6 is 0 Å². The largest absolute Gasteiger partial charge is 0.550 e. The zero-order chi connectivity index (χ0) is 8.20. The van der Waals surface area contributed by atoms with Crippen LogP contribution in [0.5, 0.6) is 0 Å². The van der Waals surface area contributed by atoms with E-state index in [1.807, 2.05) is 0 Å². The van der Waals surface area contributed by atoms with Gasteiger partial charge in [0.1, 0.15) is 5.60 Å². The van der Waals surface area contributed by atoms with E-state index < -0.39 is 11.8 Å². The Morgan fingerprint density at radius 2 is 2.00 bits per heavy atom. The number of carbonyl (C=O) groups is 1. The van der Waals surface area contributed by atoms with E-state index in [-0.39, 0.29) is 0 Å². The molecule has 57 valence electrons. The molecule has 10 heavy (non-hydrogen) atoms. The predicted molar refractivity (Wildman–Crippen MR) is 36.1 cm³/mol. The van der Waals surface area contributed by atoms with Crippen LogP contribution in [0.3, 0.4) is 0 Å². The van der Waals surface area contributed by atoms with Crippen molar-refractivity contribution in [3.05, 3.63) is 12.2 Å². The summed E-state index contributed by atoms with van der Waals surface area (Å²) in [5.74, 6) is 0. The van der Waals surface area contributed by atoms with E-state index >= 15 is 0 Å². The highest BCUT2D eigenvalue weighted by atomic mass is 16.7. The second kappa shape index (κ2) is 3.25. The summed E-state index contributed by atoms with van der Waals surface area (Å²) in [6.45, 7) is 5.08. The lowest BCUT2D eigenvalue weighted by Crippen LogP contribution is -2.23. The third-order valence-electron chi connectivity index (χ3n) is 0.914. The fraction of sp³-hybridized carbons (Fsp3) is 0.571. The minimum absolute atomic E-state index is 0.770. The minimum atomic E-state index is -1.50. The topological polar surface area (TPSA) is 46.2 Å². The van der Waals surface area contributed by atoms with Crippen LogP contribution in [0.2, 0.25) is 0 Å². The first-order valence-corrected chi connectivity index (χ1v) is 3.02. The van der Waals surface area contributed by atoms with E-state index in [0.717, 1.165) is 0 Å². The molecule has 0 aliphatic rings. The summed E-state index contributed by atoms with van der Waals surface area (Å²) in [7, 11) is 0. The Balaban J connectivity index is 3.99. The fourth-order valence-electron chi connectivity index (χ4n) is 0.650. The number of ether oxygens (including phenoxy) is 1. The lowest BCUT2D eigenvalue weighted by atomic mass is 10.1. The third-order valence-corrected chi connectivity index (χ3v) is 0.914. The van der Waals surface area contributed by atoms with Gasteiger partial charge in [-0.05, 0) is 26.8 Å². The number of allylic oxidation sites excluding steroid dienone is 1. The Hall–Kier alpha value is -0.990. The predicted octanol–water partition coefficient (Wildman–Crippen LogP) is 1.91. The van der Waals surface area contributed by atoms with Crippen LogP contribution in [-0.4, -0.2) is 11.8 Å². The normalized spacial score (nSPS) is 11.9. The molecule has 0 aromatic carbocycles. The van der Waals surface area contributed by atoms with Crippen LogP contribution in [0.15, 0.2) is 12.2 Å². The van der Waals surface area contributed by atoms with Gasteiger partial charge in [0.2, 0.25) is 0 Å². The SMILES string of the molecule is C/C=C/C(C)(C)OC([O])=O. The Bertz CT molecular complexity index is 147. The standard InChI is InChI=1S/C7H11O3/c1-4-5-7(2,3)10-6(8)9/h4-5H,1-3H3/b5-4+. The van der Waals surface area contributed by atoms with Gasteiger partial charge in [-0.3, -0.25) is 0 Å². The van der Waals surface area contributed by atoms with Crippen molar-refractivity contribution in [1.29, 1.82) is 0 Å². The van der Waals surface area contributed by atoms with Crippen molar-refractivity contribution in [2.24, 2.45) is 0 Å². The first-order chi connectivity index (χ1) is 4.48. The first-order valence-electron chi connectivity index (χ1n) is 3.02. The van der Waals surface area contributed by atoms with Gasteiger partial charge >= 0.3 is 6.16 Å². The molecule has 3 heteroatoms. The highest BCUT2D eigenvalue weighted by Gasteiger charge is 2.18. The molecule has 0 N–H and O–H groups in total. The summed E-state index contributed by atoms with van der Waals surface area (Å²) < 4.78 is 4.40. The average Bonchev–Trinajstić information content (AvgIpc) is 1.59. The van der Waals surface area contributed by atoms with E-state index in [2.05, 4.69) is 4.74 Å². The van der Waals surface area contributed by atoms with Crippen molar-refractivity contribution in [2.45, 2.75) is 26.4 Å². The monoisotopic (exact) mass is 143 g/mol. The van der Waals surface area contributed by atoms with E-state index in [4.69, 9.17) is 0 Å². The van der Waals surface area contributed by atoms with Crippen LogP contribution in [0.4, 0.5) is 4.79 Å². The summed E-state index contributed by atoms with van der Waals surface area (Å²) in [5, 5.41) is 9.92. The van der Waals surface area contributed by atoms with Crippen molar-refractivity contribution in [3.63, 3.8) is 0 Å². The molecule has 0 amide bonds. The maximum absolute atomic E-state index is 9.92. The summed E-state index contributed by atoms with van der Waals surface area (Å²) in [6.07, 6.45) is 1.87. The Labute approximate surface area is 60.3 Å². The van der Waals surface area contributed by atoms with Crippen LogP contribution in [0.25, 0.3) is 0 Å². The molecule has 0 heterocycles. The van der Waals surface area contributed by atoms with Gasteiger partial charge in [-0.2, -0.15) is 9.90 Å². The second-order valence-electron chi connectivity index (χ2n) is 2.46. The molecule has 0 aromatic heterocycles. The molecule has 0 saturated carbocycles. The van der Waals surface area contributed by atoms with Crippen LogP contribution in [0.1, 0.15) is 20.8 Å². The Morgan fingerprint density at radius 3 is 2.30 bits per heavy atom. The maximum atomic E-state index is 9.92. The van der Waals surface area contributed by atoms with E-state index in [0.29, 0.717) is 0 Å². The molecule has 0 rings (SSSR count). The van der Waals surface area contributed by atoms with Gasteiger partial charge in [0.25, 0.3) is 0 Å². The van der Waals surface area contributed by atoms with Crippen molar-refractivity contribution in [3.8, 4) is 0 Å². The molecule has 0 aliphatic heterocycles. The van der Waals surface area contributed by atoms with Gasteiger partial charge in [0, 0.05) is 0 Å². The molecule has 0 spiro atoms. The Kier molecular flexibility index (Phi) is 2.93. The maximum Gasteiger partial charge on any atom is 0.550 e. The molecule has 0 bridgehead atoms. The summed E-state index contributed by atoms with van der Waals surface area (Å²) in [6, 6.07) is 0. The molecule has 1 radical (unpaired) electrons. The fourth-order valence-corrected chi connectivity index (χ4v) is 0.650. The number of rotatable bonds is 2. The van der Waals surface area contributed by atoms with Gasteiger partial charge in [-0.15, -0.1) is 0 Å². The lowest BCUT2D eigenvalue weighted by molar-refractivity contribution is 0.0130. The van der Waals surface area contributed by atoms with E-state index in [1.165, 1.54) is 0 Å². The molecule has 0 saturated heterocycles. The van der Waals surface area contributed by atoms with Gasteiger partial charge in [0.15, 0.2) is 0 Å². The Morgan fingerprint density at radius 1 is 1.50 bits per heavy atom. The van der Waals surface area contributed by atoms with Crippen molar-refractivity contribution in [2.75, 3.05) is 0 Å². The number of carbonyl (C=O) groups excluding carboxylic acids is 1. The third kappa shape index (κ3) is 3.95. The van der Waals surface area contributed by atoms with Gasteiger partial charge < -0.3 is 4.74 Å². The van der Waals surface area contributed by atoms with Gasteiger partial charge in [-0.25, -0.2) is 0 Å². The van der Waals surface area contributed by atoms with Crippen LogP contribution in [0, 0.1) is 0 Å². The minimum Gasteiger partial charge on any atom is -0.421 e.